The molecule has 0 aliphatic carbocycles. The van der Waals surface area contributed by atoms with E-state index in [1.54, 1.807) is 18.2 Å². The summed E-state index contributed by atoms with van der Waals surface area (Å²) in [4.78, 5) is 0. The van der Waals surface area contributed by atoms with Gasteiger partial charge in [-0.15, -0.1) is 0 Å². The number of anilines is 1. The van der Waals surface area contributed by atoms with Crippen LogP contribution in [0.4, 0.5) is 5.69 Å². The summed E-state index contributed by atoms with van der Waals surface area (Å²) in [6.07, 6.45) is 1.36. The van der Waals surface area contributed by atoms with E-state index < -0.39 is 0 Å². The van der Waals surface area contributed by atoms with Crippen LogP contribution in [0.5, 0.6) is 5.75 Å². The van der Waals surface area contributed by atoms with Gasteiger partial charge in [0.15, 0.2) is 0 Å². The van der Waals surface area contributed by atoms with Gasteiger partial charge in [0.25, 0.3) is 0 Å². The van der Waals surface area contributed by atoms with Gasteiger partial charge >= 0.3 is 0 Å². The Balaban J connectivity index is 3.12. The maximum atomic E-state index is 9.81. The van der Waals surface area contributed by atoms with E-state index in [2.05, 4.69) is 5.32 Å². The molecule has 1 rings (SSSR count). The lowest BCUT2D eigenvalue weighted by Gasteiger charge is -2.13. The van der Waals surface area contributed by atoms with E-state index in [0.29, 0.717) is 0 Å². The number of nitrogens with zero attached hydrogens (tertiary/aromatic N) is 2. The smallest absolute Gasteiger partial charge is 0.145 e. The molecule has 1 aromatic rings. The number of hydrogen-bond donors (Lipinski definition) is 2. The summed E-state index contributed by atoms with van der Waals surface area (Å²) in [6, 6.07) is 7.06. The van der Waals surface area contributed by atoms with E-state index in [1.807, 2.05) is 26.8 Å². The second-order valence-electron chi connectivity index (χ2n) is 4.31. The fourth-order valence-corrected chi connectivity index (χ4v) is 1.57. The van der Waals surface area contributed by atoms with Crippen molar-refractivity contribution in [2.45, 2.75) is 26.7 Å². The maximum absolute atomic E-state index is 9.81. The van der Waals surface area contributed by atoms with Crippen LogP contribution in [0.25, 0.3) is 0 Å². The third kappa shape index (κ3) is 3.02. The van der Waals surface area contributed by atoms with Crippen molar-refractivity contribution in [2.24, 2.45) is 0 Å². The van der Waals surface area contributed by atoms with Crippen molar-refractivity contribution >= 4 is 5.69 Å². The average molecular weight is 241 g/mol. The topological polar surface area (TPSA) is 79.8 Å². The molecule has 18 heavy (non-hydrogen) atoms. The van der Waals surface area contributed by atoms with E-state index in [9.17, 15) is 5.11 Å². The number of aryl methyl sites for hydroxylation is 1. The molecule has 4 nitrogen and oxygen atoms in total. The minimum absolute atomic E-state index is 0.00794. The Bertz CT molecular complexity index is 544. The number of phenolic OH excluding ortho intramolecular Hbond substituents is 1. The number of rotatable bonds is 3. The Morgan fingerprint density at radius 3 is 2.44 bits per heavy atom. The summed E-state index contributed by atoms with van der Waals surface area (Å²) in [7, 11) is 0. The summed E-state index contributed by atoms with van der Waals surface area (Å²) in [6.45, 7) is 5.82. The Morgan fingerprint density at radius 1 is 1.33 bits per heavy atom. The Kier molecular flexibility index (Phi) is 4.34. The number of allylic oxidation sites excluding steroid dienone is 1. The van der Waals surface area contributed by atoms with E-state index in [4.69, 9.17) is 10.5 Å². The van der Waals surface area contributed by atoms with Gasteiger partial charge in [-0.25, -0.2) is 0 Å². The zero-order valence-electron chi connectivity index (χ0n) is 10.7. The number of nitriles is 2. The van der Waals surface area contributed by atoms with Crippen LogP contribution < -0.4 is 5.32 Å². The Morgan fingerprint density at radius 2 is 1.94 bits per heavy atom. The molecule has 1 aromatic carbocycles. The molecule has 0 unspecified atom stereocenters. The van der Waals surface area contributed by atoms with Gasteiger partial charge in [-0.1, -0.05) is 13.8 Å². The molecular formula is C14H15N3O. The van der Waals surface area contributed by atoms with Crippen LogP contribution in [-0.4, -0.2) is 5.11 Å². The van der Waals surface area contributed by atoms with Crippen LogP contribution in [0.1, 0.15) is 30.9 Å². The van der Waals surface area contributed by atoms with E-state index >= 15 is 0 Å². The monoisotopic (exact) mass is 241 g/mol. The molecule has 0 aliphatic heterocycles. The molecule has 0 bridgehead atoms. The van der Waals surface area contributed by atoms with Crippen LogP contribution in [-0.2, 0) is 0 Å². The highest BCUT2D eigenvalue weighted by Crippen LogP contribution is 2.31. The first-order chi connectivity index (χ1) is 8.49. The summed E-state index contributed by atoms with van der Waals surface area (Å²) in [5.74, 6) is 0.458. The SMILES string of the molecule is Cc1cc(O)c(C(C)C)cc1NC=C(C#N)C#N. The minimum Gasteiger partial charge on any atom is -0.508 e. The summed E-state index contributed by atoms with van der Waals surface area (Å²) >= 11 is 0. The maximum Gasteiger partial charge on any atom is 0.145 e. The predicted octanol–water partition coefficient (Wildman–Crippen LogP) is 3.17. The van der Waals surface area contributed by atoms with Crippen molar-refractivity contribution in [1.29, 1.82) is 10.5 Å². The molecule has 0 saturated heterocycles. The summed E-state index contributed by atoms with van der Waals surface area (Å²) in [5, 5.41) is 30.0. The second kappa shape index (κ2) is 5.75. The third-order valence-electron chi connectivity index (χ3n) is 2.61. The highest BCUT2D eigenvalue weighted by molar-refractivity contribution is 5.60. The summed E-state index contributed by atoms with van der Waals surface area (Å²) < 4.78 is 0. The molecule has 0 amide bonds. The predicted molar refractivity (Wildman–Crippen MR) is 69.9 cm³/mol. The van der Waals surface area contributed by atoms with Gasteiger partial charge < -0.3 is 10.4 Å². The molecule has 0 radical (unpaired) electrons. The number of hydrogen-bond acceptors (Lipinski definition) is 4. The van der Waals surface area contributed by atoms with Gasteiger partial charge in [-0.2, -0.15) is 10.5 Å². The molecular weight excluding hydrogens is 226 g/mol. The van der Waals surface area contributed by atoms with E-state index in [0.717, 1.165) is 16.8 Å². The third-order valence-corrected chi connectivity index (χ3v) is 2.61. The van der Waals surface area contributed by atoms with E-state index in [-0.39, 0.29) is 17.2 Å². The van der Waals surface area contributed by atoms with Crippen LogP contribution in [0.3, 0.4) is 0 Å². The van der Waals surface area contributed by atoms with Crippen LogP contribution in [0, 0.1) is 29.6 Å². The molecule has 0 atom stereocenters. The van der Waals surface area contributed by atoms with Gasteiger partial charge in [0.2, 0.25) is 0 Å². The van der Waals surface area contributed by atoms with Gasteiger partial charge in [0.1, 0.15) is 23.5 Å². The van der Waals surface area contributed by atoms with Crippen molar-refractivity contribution in [2.75, 3.05) is 5.32 Å². The van der Waals surface area contributed by atoms with Crippen molar-refractivity contribution in [1.82, 2.24) is 0 Å². The fraction of sp³-hybridized carbons (Fsp3) is 0.286. The number of benzene rings is 1. The quantitative estimate of drug-likeness (QED) is 0.629. The van der Waals surface area contributed by atoms with Crippen molar-refractivity contribution < 1.29 is 5.11 Å². The van der Waals surface area contributed by atoms with Crippen LogP contribution >= 0.6 is 0 Å². The minimum atomic E-state index is 0.00794. The number of nitrogens with one attached hydrogen (secondary N) is 1. The lowest BCUT2D eigenvalue weighted by atomic mass is 9.99. The zero-order chi connectivity index (χ0) is 13.7. The summed E-state index contributed by atoms with van der Waals surface area (Å²) in [5.41, 5.74) is 2.46. The Hall–Kier alpha value is -2.46. The van der Waals surface area contributed by atoms with Crippen LogP contribution in [0.15, 0.2) is 23.9 Å². The first-order valence-electron chi connectivity index (χ1n) is 5.60. The van der Waals surface area contributed by atoms with Gasteiger partial charge in [0.05, 0.1) is 0 Å². The van der Waals surface area contributed by atoms with Gasteiger partial charge in [0, 0.05) is 11.9 Å². The lowest BCUT2D eigenvalue weighted by Crippen LogP contribution is -1.96. The first kappa shape index (κ1) is 13.6. The number of phenols is 1. The largest absolute Gasteiger partial charge is 0.508 e. The first-order valence-corrected chi connectivity index (χ1v) is 5.60. The molecule has 0 saturated carbocycles. The second-order valence-corrected chi connectivity index (χ2v) is 4.31. The standard InChI is InChI=1S/C14H15N3O/c1-9(2)12-5-13(10(3)4-14(12)18)17-8-11(6-15)7-16/h4-5,8-9,17-18H,1-3H3. The van der Waals surface area contributed by atoms with Gasteiger partial charge in [-0.05, 0) is 36.1 Å². The fourth-order valence-electron chi connectivity index (χ4n) is 1.57. The Labute approximate surface area is 107 Å². The lowest BCUT2D eigenvalue weighted by molar-refractivity contribution is 0.464. The molecule has 4 heteroatoms. The van der Waals surface area contributed by atoms with Crippen molar-refractivity contribution in [3.05, 3.63) is 35.0 Å². The van der Waals surface area contributed by atoms with Gasteiger partial charge in [-0.3, -0.25) is 0 Å². The number of aromatic hydroxyl groups is 1. The molecule has 0 fully saturated rings. The van der Waals surface area contributed by atoms with Crippen molar-refractivity contribution in [3.63, 3.8) is 0 Å². The molecule has 0 spiro atoms. The highest BCUT2D eigenvalue weighted by Gasteiger charge is 2.09. The zero-order valence-corrected chi connectivity index (χ0v) is 10.7. The molecule has 0 heterocycles. The van der Waals surface area contributed by atoms with E-state index in [1.165, 1.54) is 6.20 Å². The molecule has 0 aromatic heterocycles. The molecule has 0 aliphatic rings. The molecule has 2 N–H and O–H groups in total. The normalized spacial score (nSPS) is 9.44. The highest BCUT2D eigenvalue weighted by atomic mass is 16.3. The average Bonchev–Trinajstić information content (AvgIpc) is 2.32. The van der Waals surface area contributed by atoms with Crippen LogP contribution in [0.2, 0.25) is 0 Å². The molecule has 92 valence electrons. The van der Waals surface area contributed by atoms with Crippen molar-refractivity contribution in [3.8, 4) is 17.9 Å².